The number of nitrogens with one attached hydrogen (secondary N) is 2. The zero-order chi connectivity index (χ0) is 24.0. The summed E-state index contributed by atoms with van der Waals surface area (Å²) in [7, 11) is -5.97. The van der Waals surface area contributed by atoms with E-state index in [1.165, 1.54) is 18.2 Å². The summed E-state index contributed by atoms with van der Waals surface area (Å²) >= 11 is 12.0. The number of rotatable bonds is 11. The van der Waals surface area contributed by atoms with Crippen molar-refractivity contribution in [3.05, 3.63) is 64.1 Å². The van der Waals surface area contributed by atoms with E-state index in [0.29, 0.717) is 12.3 Å². The topological polar surface area (TPSA) is 116 Å². The van der Waals surface area contributed by atoms with Crippen LogP contribution in [0, 0.1) is 5.92 Å². The smallest absolute Gasteiger partial charge is 0.426 e. The Balaban J connectivity index is 1.80. The van der Waals surface area contributed by atoms with Crippen molar-refractivity contribution in [2.24, 2.45) is 5.92 Å². The summed E-state index contributed by atoms with van der Waals surface area (Å²) in [6.07, 6.45) is 4.56. The van der Waals surface area contributed by atoms with Gasteiger partial charge in [0.1, 0.15) is 10.9 Å². The zero-order valence-electron chi connectivity index (χ0n) is 18.0. The molecule has 0 aromatic heterocycles. The SMILES string of the molecule is O=C(N[C@@H](CCC1CCC1)B(O)O)[C@H](Cc1ccccc1)NS(=O)(=O)c1cc(Cl)ccc1Cl. The van der Waals surface area contributed by atoms with E-state index in [4.69, 9.17) is 23.2 Å². The Morgan fingerprint density at radius 2 is 1.82 bits per heavy atom. The third-order valence-corrected chi connectivity index (χ3v) is 8.07. The predicted octanol–water partition coefficient (Wildman–Crippen LogP) is 2.96. The van der Waals surface area contributed by atoms with Crippen molar-refractivity contribution in [3.63, 3.8) is 0 Å². The fraction of sp³-hybridized carbons (Fsp3) is 0.409. The molecular weight excluding hydrogens is 486 g/mol. The van der Waals surface area contributed by atoms with Crippen LogP contribution in [0.15, 0.2) is 53.4 Å². The Morgan fingerprint density at radius 1 is 1.12 bits per heavy atom. The predicted molar refractivity (Wildman–Crippen MR) is 129 cm³/mol. The van der Waals surface area contributed by atoms with Crippen LogP contribution in [0.2, 0.25) is 10.0 Å². The average Bonchev–Trinajstić information content (AvgIpc) is 2.73. The largest absolute Gasteiger partial charge is 0.475 e. The summed E-state index contributed by atoms with van der Waals surface area (Å²) in [6, 6.07) is 11.8. The van der Waals surface area contributed by atoms with Gasteiger partial charge in [0.05, 0.1) is 11.0 Å². The molecule has 3 rings (SSSR count). The second kappa shape index (κ2) is 11.7. The number of sulfonamides is 1. The molecule has 7 nitrogen and oxygen atoms in total. The van der Waals surface area contributed by atoms with Gasteiger partial charge >= 0.3 is 7.12 Å². The molecule has 0 unspecified atom stereocenters. The van der Waals surface area contributed by atoms with Gasteiger partial charge in [-0.2, -0.15) is 4.72 Å². The van der Waals surface area contributed by atoms with Gasteiger partial charge in [-0.25, -0.2) is 8.42 Å². The molecule has 0 bridgehead atoms. The van der Waals surface area contributed by atoms with E-state index in [1.807, 2.05) is 6.07 Å². The van der Waals surface area contributed by atoms with E-state index in [2.05, 4.69) is 10.0 Å². The minimum Gasteiger partial charge on any atom is -0.426 e. The minimum absolute atomic E-state index is 0.0325. The van der Waals surface area contributed by atoms with Gasteiger partial charge in [-0.3, -0.25) is 4.79 Å². The molecule has 1 fully saturated rings. The van der Waals surface area contributed by atoms with Crippen LogP contribution in [0.25, 0.3) is 0 Å². The highest BCUT2D eigenvalue weighted by atomic mass is 35.5. The van der Waals surface area contributed by atoms with Crippen molar-refractivity contribution in [1.29, 1.82) is 0 Å². The Labute approximate surface area is 204 Å². The molecule has 2 atom stereocenters. The first-order chi connectivity index (χ1) is 15.7. The first kappa shape index (κ1) is 26.0. The molecule has 2 aromatic rings. The molecule has 1 amide bonds. The van der Waals surface area contributed by atoms with Crippen molar-refractivity contribution < 1.29 is 23.3 Å². The third-order valence-electron chi connectivity index (χ3n) is 5.88. The minimum atomic E-state index is -4.21. The fourth-order valence-electron chi connectivity index (χ4n) is 3.75. The number of benzene rings is 2. The number of amides is 1. The normalized spacial score (nSPS) is 16.0. The Morgan fingerprint density at radius 3 is 2.42 bits per heavy atom. The number of carbonyl (C=O) groups excluding carboxylic acids is 1. The molecule has 4 N–H and O–H groups in total. The lowest BCUT2D eigenvalue weighted by atomic mass is 9.73. The van der Waals surface area contributed by atoms with E-state index >= 15 is 0 Å². The molecular formula is C22H27BCl2N2O5S. The molecule has 1 aliphatic rings. The highest BCUT2D eigenvalue weighted by molar-refractivity contribution is 7.89. The molecule has 0 saturated heterocycles. The summed E-state index contributed by atoms with van der Waals surface area (Å²) in [5, 5.41) is 22.3. The van der Waals surface area contributed by atoms with E-state index in [-0.39, 0.29) is 21.4 Å². The zero-order valence-corrected chi connectivity index (χ0v) is 20.3. The van der Waals surface area contributed by atoms with Crippen molar-refractivity contribution in [1.82, 2.24) is 10.0 Å². The second-order valence-electron chi connectivity index (χ2n) is 8.34. The summed E-state index contributed by atoms with van der Waals surface area (Å²) in [4.78, 5) is 12.9. The standard InChI is InChI=1S/C22H27BCl2N2O5S/c24-17-10-11-18(25)20(14-17)33(31,32)27-19(13-16-5-2-1-3-6-16)22(28)26-21(23(29)30)12-9-15-7-4-8-15/h1-3,5-6,10-11,14-15,19,21,27,29-30H,4,7-9,12-13H2,(H,26,28)/t19-,21-/m0/s1. The van der Waals surface area contributed by atoms with Crippen LogP contribution in [0.1, 0.15) is 37.7 Å². The van der Waals surface area contributed by atoms with E-state index in [1.54, 1.807) is 24.3 Å². The molecule has 0 heterocycles. The molecule has 11 heteroatoms. The molecule has 0 aliphatic heterocycles. The molecule has 0 radical (unpaired) electrons. The summed E-state index contributed by atoms with van der Waals surface area (Å²) in [5.41, 5.74) is 0.730. The van der Waals surface area contributed by atoms with Crippen molar-refractivity contribution in [2.75, 3.05) is 0 Å². The van der Waals surface area contributed by atoms with Crippen LogP contribution in [0.5, 0.6) is 0 Å². The van der Waals surface area contributed by atoms with Gasteiger partial charge in [0, 0.05) is 5.02 Å². The van der Waals surface area contributed by atoms with E-state index in [0.717, 1.165) is 31.2 Å². The molecule has 33 heavy (non-hydrogen) atoms. The van der Waals surface area contributed by atoms with Gasteiger partial charge in [-0.15, -0.1) is 0 Å². The van der Waals surface area contributed by atoms with Gasteiger partial charge in [0.2, 0.25) is 15.9 Å². The van der Waals surface area contributed by atoms with Gasteiger partial charge in [-0.05, 0) is 48.9 Å². The van der Waals surface area contributed by atoms with Gasteiger partial charge in [0.25, 0.3) is 0 Å². The maximum absolute atomic E-state index is 13.1. The van der Waals surface area contributed by atoms with Gasteiger partial charge in [-0.1, -0.05) is 72.8 Å². The van der Waals surface area contributed by atoms with Gasteiger partial charge in [0.15, 0.2) is 0 Å². The molecule has 0 spiro atoms. The lowest BCUT2D eigenvalue weighted by Crippen LogP contribution is -2.54. The number of hydrogen-bond acceptors (Lipinski definition) is 5. The van der Waals surface area contributed by atoms with Crippen LogP contribution in [0.3, 0.4) is 0 Å². The Bertz CT molecular complexity index is 1050. The molecule has 178 valence electrons. The lowest BCUT2D eigenvalue weighted by molar-refractivity contribution is -0.123. The second-order valence-corrected chi connectivity index (χ2v) is 10.9. The number of carbonyl (C=O) groups is 1. The number of hydrogen-bond donors (Lipinski definition) is 4. The highest BCUT2D eigenvalue weighted by Crippen LogP contribution is 2.31. The molecule has 1 aliphatic carbocycles. The maximum Gasteiger partial charge on any atom is 0.475 e. The lowest BCUT2D eigenvalue weighted by Gasteiger charge is -2.28. The number of halogens is 2. The first-order valence-corrected chi connectivity index (χ1v) is 13.1. The van der Waals surface area contributed by atoms with Gasteiger partial charge < -0.3 is 15.4 Å². The first-order valence-electron chi connectivity index (χ1n) is 10.8. The Kier molecular flexibility index (Phi) is 9.21. The summed E-state index contributed by atoms with van der Waals surface area (Å²) in [6.45, 7) is 0. The van der Waals surface area contributed by atoms with Crippen molar-refractivity contribution >= 4 is 46.3 Å². The van der Waals surface area contributed by atoms with Crippen molar-refractivity contribution in [2.45, 2.75) is 55.4 Å². The van der Waals surface area contributed by atoms with Crippen LogP contribution in [0.4, 0.5) is 0 Å². The van der Waals surface area contributed by atoms with Crippen LogP contribution in [-0.4, -0.2) is 43.5 Å². The molecule has 2 aromatic carbocycles. The maximum atomic E-state index is 13.1. The third kappa shape index (κ3) is 7.43. The summed E-state index contributed by atoms with van der Waals surface area (Å²) < 4.78 is 28.5. The van der Waals surface area contributed by atoms with E-state index in [9.17, 15) is 23.3 Å². The van der Waals surface area contributed by atoms with Crippen LogP contribution < -0.4 is 10.0 Å². The average molecular weight is 513 g/mol. The monoisotopic (exact) mass is 512 g/mol. The van der Waals surface area contributed by atoms with Crippen LogP contribution in [-0.2, 0) is 21.2 Å². The van der Waals surface area contributed by atoms with Crippen LogP contribution >= 0.6 is 23.2 Å². The molecule has 1 saturated carbocycles. The summed E-state index contributed by atoms with van der Waals surface area (Å²) in [5.74, 6) is -1.05. The van der Waals surface area contributed by atoms with Crippen molar-refractivity contribution in [3.8, 4) is 0 Å². The highest BCUT2D eigenvalue weighted by Gasteiger charge is 2.32. The fourth-order valence-corrected chi connectivity index (χ4v) is 5.71. The quantitative estimate of drug-likeness (QED) is 0.345. The Hall–Kier alpha value is -1.62. The van der Waals surface area contributed by atoms with E-state index < -0.39 is 35.0 Å².